The van der Waals surface area contributed by atoms with Gasteiger partial charge in [0.15, 0.2) is 0 Å². The number of ether oxygens (including phenoxy) is 1. The van der Waals surface area contributed by atoms with Crippen LogP contribution in [0.2, 0.25) is 0 Å². The molecule has 0 atom stereocenters. The highest BCUT2D eigenvalue weighted by atomic mass is 16.5. The minimum atomic E-state index is -0.438. The topological polar surface area (TPSA) is 52.3 Å². The van der Waals surface area contributed by atoms with Crippen molar-refractivity contribution in [3.63, 3.8) is 0 Å². The Morgan fingerprint density at radius 3 is 2.90 bits per heavy atom. The smallest absolute Gasteiger partial charge is 0.374 e. The van der Waals surface area contributed by atoms with Gasteiger partial charge < -0.3 is 9.15 Å². The van der Waals surface area contributed by atoms with Crippen molar-refractivity contribution in [2.45, 2.75) is 6.92 Å². The fraction of sp³-hybridized carbons (Fsp3) is 0.125. The molecule has 0 spiro atoms. The second-order valence-corrected chi connectivity index (χ2v) is 4.33. The van der Waals surface area contributed by atoms with Gasteiger partial charge in [-0.25, -0.2) is 4.79 Å². The summed E-state index contributed by atoms with van der Waals surface area (Å²) in [7, 11) is 0. The van der Waals surface area contributed by atoms with Crippen LogP contribution in [0.4, 0.5) is 0 Å². The number of furan rings is 1. The van der Waals surface area contributed by atoms with Crippen molar-refractivity contribution in [2.75, 3.05) is 6.61 Å². The van der Waals surface area contributed by atoms with Crippen LogP contribution < -0.4 is 0 Å². The second kappa shape index (κ2) is 5.17. The average molecular weight is 267 g/mol. The summed E-state index contributed by atoms with van der Waals surface area (Å²) in [4.78, 5) is 15.7. The second-order valence-electron chi connectivity index (χ2n) is 4.33. The maximum atomic E-state index is 11.6. The van der Waals surface area contributed by atoms with E-state index >= 15 is 0 Å². The van der Waals surface area contributed by atoms with Crippen LogP contribution in [0, 0.1) is 0 Å². The Bertz CT molecular complexity index is 747. The normalized spacial score (nSPS) is 10.7. The number of aromatic nitrogens is 1. The zero-order valence-electron chi connectivity index (χ0n) is 11.0. The summed E-state index contributed by atoms with van der Waals surface area (Å²) in [6, 6.07) is 11.3. The molecule has 0 N–H and O–H groups in total. The molecule has 20 heavy (non-hydrogen) atoms. The van der Waals surface area contributed by atoms with Gasteiger partial charge in [0.1, 0.15) is 5.58 Å². The van der Waals surface area contributed by atoms with Gasteiger partial charge in [0.05, 0.1) is 6.61 Å². The van der Waals surface area contributed by atoms with Crippen molar-refractivity contribution >= 4 is 16.9 Å². The van der Waals surface area contributed by atoms with Crippen LogP contribution in [-0.2, 0) is 4.74 Å². The van der Waals surface area contributed by atoms with Gasteiger partial charge in [0, 0.05) is 23.3 Å². The lowest BCUT2D eigenvalue weighted by Crippen LogP contribution is -2.02. The first-order valence-electron chi connectivity index (χ1n) is 6.39. The van der Waals surface area contributed by atoms with Crippen molar-refractivity contribution in [2.24, 2.45) is 0 Å². The Morgan fingerprint density at radius 1 is 1.25 bits per heavy atom. The number of fused-ring (bicyclic) bond motifs is 1. The van der Waals surface area contributed by atoms with E-state index in [4.69, 9.17) is 9.15 Å². The van der Waals surface area contributed by atoms with E-state index in [1.54, 1.807) is 25.4 Å². The van der Waals surface area contributed by atoms with Crippen LogP contribution >= 0.6 is 0 Å². The largest absolute Gasteiger partial charge is 0.460 e. The van der Waals surface area contributed by atoms with E-state index in [1.165, 1.54) is 0 Å². The van der Waals surface area contributed by atoms with E-state index in [0.717, 1.165) is 16.5 Å². The van der Waals surface area contributed by atoms with Gasteiger partial charge in [-0.3, -0.25) is 4.98 Å². The first-order valence-corrected chi connectivity index (χ1v) is 6.39. The maximum Gasteiger partial charge on any atom is 0.374 e. The molecule has 4 nitrogen and oxygen atoms in total. The van der Waals surface area contributed by atoms with Gasteiger partial charge in [-0.05, 0) is 36.8 Å². The highest BCUT2D eigenvalue weighted by molar-refractivity contribution is 5.93. The summed E-state index contributed by atoms with van der Waals surface area (Å²) in [5.74, 6) is -0.211. The summed E-state index contributed by atoms with van der Waals surface area (Å²) in [5, 5.41) is 0.870. The molecule has 0 amide bonds. The Morgan fingerprint density at radius 2 is 2.15 bits per heavy atom. The molecule has 3 aromatic rings. The van der Waals surface area contributed by atoms with E-state index < -0.39 is 5.97 Å². The molecule has 0 aliphatic rings. The van der Waals surface area contributed by atoms with Crippen LogP contribution in [0.25, 0.3) is 22.1 Å². The number of pyridine rings is 1. The predicted molar refractivity (Wildman–Crippen MR) is 75.4 cm³/mol. The molecule has 0 bridgehead atoms. The van der Waals surface area contributed by atoms with E-state index in [1.807, 2.05) is 30.3 Å². The van der Waals surface area contributed by atoms with E-state index in [9.17, 15) is 4.79 Å². The Labute approximate surface area is 116 Å². The number of benzene rings is 1. The molecule has 0 saturated carbocycles. The van der Waals surface area contributed by atoms with Crippen LogP contribution in [0.1, 0.15) is 17.5 Å². The number of hydrogen-bond donors (Lipinski definition) is 0. The molecule has 100 valence electrons. The fourth-order valence-corrected chi connectivity index (χ4v) is 2.06. The first-order chi connectivity index (χ1) is 9.78. The molecule has 2 aromatic heterocycles. The number of carbonyl (C=O) groups excluding carboxylic acids is 1. The third kappa shape index (κ3) is 2.28. The average Bonchev–Trinajstić information content (AvgIpc) is 2.91. The highest BCUT2D eigenvalue weighted by Crippen LogP contribution is 2.26. The third-order valence-electron chi connectivity index (χ3n) is 2.99. The van der Waals surface area contributed by atoms with E-state index in [0.29, 0.717) is 12.2 Å². The Kier molecular flexibility index (Phi) is 3.21. The van der Waals surface area contributed by atoms with Gasteiger partial charge in [0.25, 0.3) is 0 Å². The SMILES string of the molecule is CCOC(=O)c1cc2cc(-c3cccnc3)ccc2o1. The van der Waals surface area contributed by atoms with E-state index in [2.05, 4.69) is 4.98 Å². The molecular formula is C16H13NO3. The molecule has 4 heteroatoms. The standard InChI is InChI=1S/C16H13NO3/c1-2-19-16(18)15-9-13-8-11(5-6-14(13)20-15)12-4-3-7-17-10-12/h3-10H,2H2,1H3. The lowest BCUT2D eigenvalue weighted by molar-refractivity contribution is 0.0492. The van der Waals surface area contributed by atoms with Gasteiger partial charge in [0.2, 0.25) is 5.76 Å². The summed E-state index contributed by atoms with van der Waals surface area (Å²) < 4.78 is 10.4. The third-order valence-corrected chi connectivity index (χ3v) is 2.99. The van der Waals surface area contributed by atoms with Crippen molar-refractivity contribution in [1.29, 1.82) is 0 Å². The molecule has 3 rings (SSSR count). The number of esters is 1. The van der Waals surface area contributed by atoms with Crippen LogP contribution in [0.3, 0.4) is 0 Å². The number of hydrogen-bond acceptors (Lipinski definition) is 4. The molecular weight excluding hydrogens is 254 g/mol. The molecule has 0 fully saturated rings. The highest BCUT2D eigenvalue weighted by Gasteiger charge is 2.13. The zero-order valence-corrected chi connectivity index (χ0v) is 11.0. The minimum absolute atomic E-state index is 0.227. The van der Waals surface area contributed by atoms with Crippen molar-refractivity contribution in [1.82, 2.24) is 4.98 Å². The molecule has 0 saturated heterocycles. The van der Waals surface area contributed by atoms with Gasteiger partial charge in [-0.1, -0.05) is 12.1 Å². The van der Waals surface area contributed by atoms with E-state index in [-0.39, 0.29) is 5.76 Å². The number of rotatable bonds is 3. The first kappa shape index (κ1) is 12.4. The minimum Gasteiger partial charge on any atom is -0.460 e. The lowest BCUT2D eigenvalue weighted by atomic mass is 10.1. The fourth-order valence-electron chi connectivity index (χ4n) is 2.06. The Balaban J connectivity index is 2.02. The summed E-state index contributed by atoms with van der Waals surface area (Å²) in [6.45, 7) is 2.10. The summed E-state index contributed by atoms with van der Waals surface area (Å²) in [6.07, 6.45) is 3.53. The molecule has 0 aliphatic heterocycles. The monoisotopic (exact) mass is 267 g/mol. The van der Waals surface area contributed by atoms with Gasteiger partial charge >= 0.3 is 5.97 Å². The Hall–Kier alpha value is -2.62. The van der Waals surface area contributed by atoms with Crippen molar-refractivity contribution in [3.05, 3.63) is 54.6 Å². The van der Waals surface area contributed by atoms with Crippen molar-refractivity contribution in [3.8, 4) is 11.1 Å². The summed E-state index contributed by atoms with van der Waals surface area (Å²) >= 11 is 0. The molecule has 0 aliphatic carbocycles. The van der Waals surface area contributed by atoms with Gasteiger partial charge in [-0.15, -0.1) is 0 Å². The van der Waals surface area contributed by atoms with Crippen molar-refractivity contribution < 1.29 is 13.9 Å². The van der Waals surface area contributed by atoms with Gasteiger partial charge in [-0.2, -0.15) is 0 Å². The lowest BCUT2D eigenvalue weighted by Gasteiger charge is -1.99. The molecule has 2 heterocycles. The molecule has 0 radical (unpaired) electrons. The number of carbonyl (C=O) groups is 1. The quantitative estimate of drug-likeness (QED) is 0.679. The van der Waals surface area contributed by atoms with Crippen LogP contribution in [0.15, 0.2) is 53.2 Å². The van der Waals surface area contributed by atoms with Crippen LogP contribution in [-0.4, -0.2) is 17.6 Å². The molecule has 0 unspecified atom stereocenters. The predicted octanol–water partition coefficient (Wildman–Crippen LogP) is 3.67. The van der Waals surface area contributed by atoms with Crippen LogP contribution in [0.5, 0.6) is 0 Å². The maximum absolute atomic E-state index is 11.6. The number of nitrogens with zero attached hydrogens (tertiary/aromatic N) is 1. The zero-order chi connectivity index (χ0) is 13.9. The summed E-state index contributed by atoms with van der Waals surface area (Å²) in [5.41, 5.74) is 2.72. The molecule has 1 aromatic carbocycles.